The molecule has 0 fully saturated rings. The molecular formula is C19H21N3O. The van der Waals surface area contributed by atoms with Crippen molar-refractivity contribution in [1.29, 1.82) is 0 Å². The number of rotatable bonds is 5. The zero-order valence-electron chi connectivity index (χ0n) is 13.5. The number of aliphatic imine (C=N–C) groups is 2. The third-order valence-electron chi connectivity index (χ3n) is 3.83. The first-order valence-corrected chi connectivity index (χ1v) is 7.84. The van der Waals surface area contributed by atoms with Crippen molar-refractivity contribution in [3.63, 3.8) is 0 Å². The van der Waals surface area contributed by atoms with E-state index in [1.807, 2.05) is 56.4 Å². The normalized spacial score (nSPS) is 14.0. The zero-order valence-corrected chi connectivity index (χ0v) is 13.5. The molecule has 118 valence electrons. The molecule has 1 heterocycles. The first-order chi connectivity index (χ1) is 11.3. The van der Waals surface area contributed by atoms with Gasteiger partial charge in [0.25, 0.3) is 0 Å². The molecule has 4 heteroatoms. The van der Waals surface area contributed by atoms with Crippen molar-refractivity contribution >= 4 is 17.2 Å². The number of anilines is 1. The average molecular weight is 307 g/mol. The van der Waals surface area contributed by atoms with E-state index >= 15 is 0 Å². The Morgan fingerprint density at radius 2 is 1.87 bits per heavy atom. The Morgan fingerprint density at radius 1 is 1.09 bits per heavy atom. The largest absolute Gasteiger partial charge is 0.489 e. The molecule has 0 saturated carbocycles. The van der Waals surface area contributed by atoms with Crippen molar-refractivity contribution in [3.8, 4) is 5.75 Å². The standard InChI is InChI=1S/C19H21N3O/c1-14-11-12-21-19(22-14)15-7-9-17(10-8-15)23-13-16-5-3-4-6-18(16)20-2/h3-10,20H,11-13H2,1-2H3. The van der Waals surface area contributed by atoms with Crippen molar-refractivity contribution in [1.82, 2.24) is 0 Å². The van der Waals surface area contributed by atoms with Crippen LogP contribution in [0.5, 0.6) is 5.75 Å². The molecule has 0 aliphatic carbocycles. The lowest BCUT2D eigenvalue weighted by atomic mass is 10.1. The highest BCUT2D eigenvalue weighted by Gasteiger charge is 2.08. The number of benzene rings is 2. The Bertz CT molecular complexity index is 733. The third-order valence-corrected chi connectivity index (χ3v) is 3.83. The highest BCUT2D eigenvalue weighted by molar-refractivity contribution is 6.07. The summed E-state index contributed by atoms with van der Waals surface area (Å²) in [4.78, 5) is 8.99. The lowest BCUT2D eigenvalue weighted by molar-refractivity contribution is 0.307. The summed E-state index contributed by atoms with van der Waals surface area (Å²) in [5.41, 5.74) is 4.40. The molecule has 23 heavy (non-hydrogen) atoms. The number of nitrogens with one attached hydrogen (secondary N) is 1. The minimum atomic E-state index is 0.536. The second kappa shape index (κ2) is 7.09. The van der Waals surface area contributed by atoms with E-state index in [1.165, 1.54) is 0 Å². The molecule has 0 spiro atoms. The second-order valence-electron chi connectivity index (χ2n) is 5.52. The van der Waals surface area contributed by atoms with Gasteiger partial charge in [0, 0.05) is 42.5 Å². The van der Waals surface area contributed by atoms with Crippen LogP contribution < -0.4 is 10.1 Å². The van der Waals surface area contributed by atoms with Crippen molar-refractivity contribution < 1.29 is 4.74 Å². The average Bonchev–Trinajstić information content (AvgIpc) is 2.60. The van der Waals surface area contributed by atoms with Gasteiger partial charge in [-0.15, -0.1) is 0 Å². The van der Waals surface area contributed by atoms with Crippen molar-refractivity contribution in [2.45, 2.75) is 20.0 Å². The minimum Gasteiger partial charge on any atom is -0.489 e. The smallest absolute Gasteiger partial charge is 0.154 e. The summed E-state index contributed by atoms with van der Waals surface area (Å²) in [6.07, 6.45) is 0.954. The highest BCUT2D eigenvalue weighted by Crippen LogP contribution is 2.19. The van der Waals surface area contributed by atoms with Crippen LogP contribution in [0.2, 0.25) is 0 Å². The molecule has 4 nitrogen and oxygen atoms in total. The van der Waals surface area contributed by atoms with Crippen LogP contribution in [0.3, 0.4) is 0 Å². The number of nitrogens with zero attached hydrogens (tertiary/aromatic N) is 2. The lowest BCUT2D eigenvalue weighted by Crippen LogP contribution is -2.10. The molecule has 1 aliphatic heterocycles. The van der Waals surface area contributed by atoms with Gasteiger partial charge in [0.05, 0.1) is 0 Å². The van der Waals surface area contributed by atoms with Crippen LogP contribution in [-0.2, 0) is 6.61 Å². The number of amidine groups is 1. The molecule has 0 atom stereocenters. The minimum absolute atomic E-state index is 0.536. The SMILES string of the molecule is CNc1ccccc1COc1ccc(C2=NCCC(C)=N2)cc1. The fourth-order valence-corrected chi connectivity index (χ4v) is 2.50. The van der Waals surface area contributed by atoms with E-state index in [-0.39, 0.29) is 0 Å². The van der Waals surface area contributed by atoms with Crippen LogP contribution in [0.25, 0.3) is 0 Å². The molecule has 0 radical (unpaired) electrons. The number of hydrogen-bond acceptors (Lipinski definition) is 4. The maximum Gasteiger partial charge on any atom is 0.154 e. The predicted molar refractivity (Wildman–Crippen MR) is 95.9 cm³/mol. The second-order valence-corrected chi connectivity index (χ2v) is 5.52. The number of para-hydroxylation sites is 1. The van der Waals surface area contributed by atoms with E-state index in [4.69, 9.17) is 4.74 Å². The first kappa shape index (κ1) is 15.3. The van der Waals surface area contributed by atoms with E-state index in [0.29, 0.717) is 6.61 Å². The quantitative estimate of drug-likeness (QED) is 0.910. The summed E-state index contributed by atoms with van der Waals surface area (Å²) in [7, 11) is 1.92. The van der Waals surface area contributed by atoms with Gasteiger partial charge in [0.1, 0.15) is 12.4 Å². The van der Waals surface area contributed by atoms with E-state index in [2.05, 4.69) is 21.4 Å². The topological polar surface area (TPSA) is 46.0 Å². The molecule has 0 aromatic heterocycles. The molecule has 2 aromatic rings. The fourth-order valence-electron chi connectivity index (χ4n) is 2.50. The molecular weight excluding hydrogens is 286 g/mol. The maximum atomic E-state index is 5.88. The Labute approximate surface area is 136 Å². The van der Waals surface area contributed by atoms with Gasteiger partial charge in [-0.2, -0.15) is 0 Å². The summed E-state index contributed by atoms with van der Waals surface area (Å²) >= 11 is 0. The summed E-state index contributed by atoms with van der Waals surface area (Å²) in [6.45, 7) is 3.41. The van der Waals surface area contributed by atoms with Crippen LogP contribution in [0.1, 0.15) is 24.5 Å². The van der Waals surface area contributed by atoms with Gasteiger partial charge < -0.3 is 10.1 Å². The molecule has 0 saturated heterocycles. The Hall–Kier alpha value is -2.62. The maximum absolute atomic E-state index is 5.88. The lowest BCUT2D eigenvalue weighted by Gasteiger charge is -2.12. The van der Waals surface area contributed by atoms with Crippen molar-refractivity contribution in [2.75, 3.05) is 18.9 Å². The van der Waals surface area contributed by atoms with E-state index in [1.54, 1.807) is 0 Å². The Balaban J connectivity index is 1.67. The monoisotopic (exact) mass is 307 g/mol. The third kappa shape index (κ3) is 3.77. The van der Waals surface area contributed by atoms with Crippen LogP contribution in [0.4, 0.5) is 5.69 Å². The fraction of sp³-hybridized carbons (Fsp3) is 0.263. The first-order valence-electron chi connectivity index (χ1n) is 7.84. The summed E-state index contributed by atoms with van der Waals surface area (Å²) in [5, 5.41) is 3.18. The molecule has 0 amide bonds. The highest BCUT2D eigenvalue weighted by atomic mass is 16.5. The van der Waals surface area contributed by atoms with Crippen molar-refractivity contribution in [3.05, 3.63) is 59.7 Å². The Morgan fingerprint density at radius 3 is 2.61 bits per heavy atom. The summed E-state index contributed by atoms with van der Waals surface area (Å²) < 4.78 is 5.88. The van der Waals surface area contributed by atoms with Gasteiger partial charge in [0.2, 0.25) is 0 Å². The predicted octanol–water partition coefficient (Wildman–Crippen LogP) is 3.92. The van der Waals surface area contributed by atoms with Gasteiger partial charge in [-0.3, -0.25) is 4.99 Å². The van der Waals surface area contributed by atoms with Crippen LogP contribution in [-0.4, -0.2) is 25.1 Å². The molecule has 0 bridgehead atoms. The number of hydrogen-bond donors (Lipinski definition) is 1. The van der Waals surface area contributed by atoms with E-state index < -0.39 is 0 Å². The van der Waals surface area contributed by atoms with Crippen LogP contribution in [0, 0.1) is 0 Å². The van der Waals surface area contributed by atoms with Gasteiger partial charge in [-0.1, -0.05) is 18.2 Å². The molecule has 2 aromatic carbocycles. The molecule has 3 rings (SSSR count). The molecule has 1 aliphatic rings. The van der Waals surface area contributed by atoms with Gasteiger partial charge >= 0.3 is 0 Å². The van der Waals surface area contributed by atoms with Crippen LogP contribution in [0.15, 0.2) is 58.5 Å². The van der Waals surface area contributed by atoms with Gasteiger partial charge in [-0.05, 0) is 37.3 Å². The summed E-state index contributed by atoms with van der Waals surface area (Å²) in [5.74, 6) is 1.66. The summed E-state index contributed by atoms with van der Waals surface area (Å²) in [6, 6.07) is 16.1. The van der Waals surface area contributed by atoms with Gasteiger partial charge in [-0.25, -0.2) is 4.99 Å². The van der Waals surface area contributed by atoms with E-state index in [0.717, 1.165) is 47.1 Å². The van der Waals surface area contributed by atoms with Crippen LogP contribution >= 0.6 is 0 Å². The van der Waals surface area contributed by atoms with Crippen molar-refractivity contribution in [2.24, 2.45) is 9.98 Å². The molecule has 0 unspecified atom stereocenters. The molecule has 1 N–H and O–H groups in total. The number of ether oxygens (including phenoxy) is 1. The van der Waals surface area contributed by atoms with Gasteiger partial charge in [0.15, 0.2) is 5.84 Å². The zero-order chi connectivity index (χ0) is 16.1. The van der Waals surface area contributed by atoms with E-state index in [9.17, 15) is 0 Å². The Kier molecular flexibility index (Phi) is 4.71.